The summed E-state index contributed by atoms with van der Waals surface area (Å²) < 4.78 is 7.10. The Hall–Kier alpha value is -1.81. The molecule has 0 unspecified atom stereocenters. The van der Waals surface area contributed by atoms with E-state index in [4.69, 9.17) is 10.5 Å². The maximum Gasteiger partial charge on any atom is 0.119 e. The van der Waals surface area contributed by atoms with Crippen LogP contribution in [0.3, 0.4) is 0 Å². The van der Waals surface area contributed by atoms with Gasteiger partial charge in [-0.1, -0.05) is 0 Å². The first-order chi connectivity index (χ1) is 8.56. The van der Waals surface area contributed by atoms with Crippen molar-refractivity contribution in [1.82, 2.24) is 9.78 Å². The van der Waals surface area contributed by atoms with Gasteiger partial charge in [0.1, 0.15) is 5.75 Å². The lowest BCUT2D eigenvalue weighted by atomic mass is 9.99. The predicted octanol–water partition coefficient (Wildman–Crippen LogP) is 2.17. The van der Waals surface area contributed by atoms with Crippen LogP contribution >= 0.6 is 0 Å². The second-order valence-electron chi connectivity index (χ2n) is 4.48. The summed E-state index contributed by atoms with van der Waals surface area (Å²) in [5.74, 6) is 0.878. The SMILES string of the molecule is COc1cc(C)c(-c2cc(CN)n(C)n2)c(C)c1. The van der Waals surface area contributed by atoms with E-state index in [1.165, 1.54) is 0 Å². The topological polar surface area (TPSA) is 53.1 Å². The van der Waals surface area contributed by atoms with Crippen LogP contribution in [0.15, 0.2) is 18.2 Å². The van der Waals surface area contributed by atoms with E-state index in [2.05, 4.69) is 18.9 Å². The van der Waals surface area contributed by atoms with Crippen LogP contribution in [0.2, 0.25) is 0 Å². The van der Waals surface area contributed by atoms with Crippen molar-refractivity contribution in [2.75, 3.05) is 7.11 Å². The number of hydrogen-bond donors (Lipinski definition) is 1. The molecule has 2 N–H and O–H groups in total. The number of rotatable bonds is 3. The van der Waals surface area contributed by atoms with Gasteiger partial charge in [0.2, 0.25) is 0 Å². The molecule has 4 nitrogen and oxygen atoms in total. The second kappa shape index (κ2) is 4.82. The summed E-state index contributed by atoms with van der Waals surface area (Å²) in [6.07, 6.45) is 0. The molecule has 0 amide bonds. The summed E-state index contributed by atoms with van der Waals surface area (Å²) in [6.45, 7) is 4.64. The third-order valence-corrected chi connectivity index (χ3v) is 3.18. The maximum atomic E-state index is 5.68. The van der Waals surface area contributed by atoms with Gasteiger partial charge >= 0.3 is 0 Å². The van der Waals surface area contributed by atoms with Gasteiger partial charge in [-0.3, -0.25) is 4.68 Å². The smallest absolute Gasteiger partial charge is 0.119 e. The lowest BCUT2D eigenvalue weighted by Crippen LogP contribution is -2.03. The van der Waals surface area contributed by atoms with Crippen molar-refractivity contribution in [2.24, 2.45) is 12.8 Å². The number of aromatic nitrogens is 2. The van der Waals surface area contributed by atoms with Crippen LogP contribution < -0.4 is 10.5 Å². The van der Waals surface area contributed by atoms with E-state index in [1.807, 2.05) is 29.9 Å². The molecule has 2 rings (SSSR count). The Morgan fingerprint density at radius 1 is 1.22 bits per heavy atom. The molecule has 0 saturated heterocycles. The highest BCUT2D eigenvalue weighted by molar-refractivity contribution is 5.69. The van der Waals surface area contributed by atoms with Gasteiger partial charge in [-0.15, -0.1) is 0 Å². The van der Waals surface area contributed by atoms with Crippen molar-refractivity contribution < 1.29 is 4.74 Å². The summed E-state index contributed by atoms with van der Waals surface area (Å²) in [5, 5.41) is 4.52. The van der Waals surface area contributed by atoms with Gasteiger partial charge < -0.3 is 10.5 Å². The maximum absolute atomic E-state index is 5.68. The second-order valence-corrected chi connectivity index (χ2v) is 4.48. The van der Waals surface area contributed by atoms with Crippen LogP contribution in [0.1, 0.15) is 16.8 Å². The Bertz CT molecular complexity index is 549. The van der Waals surface area contributed by atoms with Crippen molar-refractivity contribution in [3.63, 3.8) is 0 Å². The van der Waals surface area contributed by atoms with Crippen LogP contribution in [-0.2, 0) is 13.6 Å². The number of benzene rings is 1. The minimum absolute atomic E-state index is 0.498. The molecule has 0 saturated carbocycles. The minimum Gasteiger partial charge on any atom is -0.497 e. The number of nitrogens with two attached hydrogens (primary N) is 1. The lowest BCUT2D eigenvalue weighted by molar-refractivity contribution is 0.414. The Kier molecular flexibility index (Phi) is 3.39. The number of hydrogen-bond acceptors (Lipinski definition) is 3. The van der Waals surface area contributed by atoms with Crippen LogP contribution in [0, 0.1) is 13.8 Å². The van der Waals surface area contributed by atoms with Crippen molar-refractivity contribution in [2.45, 2.75) is 20.4 Å². The number of aryl methyl sites for hydroxylation is 3. The van der Waals surface area contributed by atoms with E-state index in [0.717, 1.165) is 33.8 Å². The lowest BCUT2D eigenvalue weighted by Gasteiger charge is -2.10. The summed E-state index contributed by atoms with van der Waals surface area (Å²) in [5.41, 5.74) is 11.2. The average Bonchev–Trinajstić information content (AvgIpc) is 2.69. The van der Waals surface area contributed by atoms with Crippen LogP contribution in [-0.4, -0.2) is 16.9 Å². The molecule has 0 atom stereocenters. The van der Waals surface area contributed by atoms with Crippen LogP contribution in [0.4, 0.5) is 0 Å². The van der Waals surface area contributed by atoms with E-state index in [0.29, 0.717) is 6.54 Å². The van der Waals surface area contributed by atoms with E-state index >= 15 is 0 Å². The molecule has 0 aliphatic rings. The van der Waals surface area contributed by atoms with E-state index in [9.17, 15) is 0 Å². The molecule has 0 bridgehead atoms. The van der Waals surface area contributed by atoms with Crippen molar-refractivity contribution in [1.29, 1.82) is 0 Å². The number of ether oxygens (including phenoxy) is 1. The third kappa shape index (κ3) is 2.11. The Balaban J connectivity index is 2.56. The summed E-state index contributed by atoms with van der Waals surface area (Å²) in [6, 6.07) is 6.10. The first kappa shape index (κ1) is 12.6. The zero-order valence-electron chi connectivity index (χ0n) is 11.3. The molecule has 18 heavy (non-hydrogen) atoms. The van der Waals surface area contributed by atoms with E-state index in [-0.39, 0.29) is 0 Å². The summed E-state index contributed by atoms with van der Waals surface area (Å²) >= 11 is 0. The zero-order chi connectivity index (χ0) is 13.3. The molecule has 0 aliphatic carbocycles. The van der Waals surface area contributed by atoms with Crippen molar-refractivity contribution in [3.05, 3.63) is 35.0 Å². The highest BCUT2D eigenvalue weighted by atomic mass is 16.5. The first-order valence-corrected chi connectivity index (χ1v) is 5.95. The van der Waals surface area contributed by atoms with Crippen LogP contribution in [0.5, 0.6) is 5.75 Å². The fourth-order valence-corrected chi connectivity index (χ4v) is 2.26. The van der Waals surface area contributed by atoms with Gasteiger partial charge in [0.05, 0.1) is 18.5 Å². The van der Waals surface area contributed by atoms with Gasteiger partial charge in [-0.05, 0) is 43.2 Å². The van der Waals surface area contributed by atoms with Gasteiger partial charge in [-0.2, -0.15) is 5.10 Å². The molecule has 1 heterocycles. The van der Waals surface area contributed by atoms with Gasteiger partial charge in [0, 0.05) is 19.2 Å². The first-order valence-electron chi connectivity index (χ1n) is 5.95. The monoisotopic (exact) mass is 245 g/mol. The highest BCUT2D eigenvalue weighted by Crippen LogP contribution is 2.30. The Morgan fingerprint density at radius 3 is 2.28 bits per heavy atom. The van der Waals surface area contributed by atoms with E-state index in [1.54, 1.807) is 7.11 Å². The molecule has 96 valence electrons. The summed E-state index contributed by atoms with van der Waals surface area (Å²) in [7, 11) is 3.60. The molecule has 4 heteroatoms. The quantitative estimate of drug-likeness (QED) is 0.901. The molecule has 0 fully saturated rings. The predicted molar refractivity (Wildman–Crippen MR) is 72.6 cm³/mol. The molecule has 1 aromatic heterocycles. The van der Waals surface area contributed by atoms with Gasteiger partial charge in [0.15, 0.2) is 0 Å². The minimum atomic E-state index is 0.498. The molecular formula is C14H19N3O. The molecule has 2 aromatic rings. The molecule has 1 aromatic carbocycles. The fraction of sp³-hybridized carbons (Fsp3) is 0.357. The van der Waals surface area contributed by atoms with Gasteiger partial charge in [-0.25, -0.2) is 0 Å². The largest absolute Gasteiger partial charge is 0.497 e. The van der Waals surface area contributed by atoms with Gasteiger partial charge in [0.25, 0.3) is 0 Å². The zero-order valence-corrected chi connectivity index (χ0v) is 11.3. The van der Waals surface area contributed by atoms with Crippen molar-refractivity contribution in [3.8, 4) is 17.0 Å². The molecule has 0 radical (unpaired) electrons. The molecular weight excluding hydrogens is 226 g/mol. The molecule has 0 aliphatic heterocycles. The van der Waals surface area contributed by atoms with Crippen molar-refractivity contribution >= 4 is 0 Å². The Morgan fingerprint density at radius 2 is 1.83 bits per heavy atom. The number of methoxy groups -OCH3 is 1. The third-order valence-electron chi connectivity index (χ3n) is 3.18. The molecule has 0 spiro atoms. The summed E-state index contributed by atoms with van der Waals surface area (Å²) in [4.78, 5) is 0. The van der Waals surface area contributed by atoms with Crippen LogP contribution in [0.25, 0.3) is 11.3 Å². The standard InChI is InChI=1S/C14H19N3O/c1-9-5-12(18-4)6-10(2)14(9)13-7-11(8-15)17(3)16-13/h5-7H,8,15H2,1-4H3. The Labute approximate surface area is 107 Å². The number of nitrogens with zero attached hydrogens (tertiary/aromatic N) is 2. The average molecular weight is 245 g/mol. The normalized spacial score (nSPS) is 10.7. The fourth-order valence-electron chi connectivity index (χ4n) is 2.26. The van der Waals surface area contributed by atoms with E-state index < -0.39 is 0 Å². The highest BCUT2D eigenvalue weighted by Gasteiger charge is 2.12.